The molecule has 1 fully saturated rings. The van der Waals surface area contributed by atoms with Crippen LogP contribution >= 0.6 is 11.3 Å². The number of rotatable bonds is 6. The number of aryl methyl sites for hydroxylation is 1. The zero-order valence-corrected chi connectivity index (χ0v) is 17.7. The van der Waals surface area contributed by atoms with Gasteiger partial charge in [-0.1, -0.05) is 31.2 Å². The van der Waals surface area contributed by atoms with Crippen molar-refractivity contribution in [1.29, 1.82) is 0 Å². The van der Waals surface area contributed by atoms with Crippen LogP contribution in [0.15, 0.2) is 29.8 Å². The van der Waals surface area contributed by atoms with Crippen molar-refractivity contribution in [3.63, 3.8) is 0 Å². The number of likely N-dealkylation sites (tertiary alicyclic amines) is 1. The number of nitrogens with zero attached hydrogens (tertiary/aromatic N) is 2. The minimum Gasteiger partial charge on any atom is -0.355 e. The highest BCUT2D eigenvalue weighted by Gasteiger charge is 2.27. The Morgan fingerprint density at radius 1 is 1.43 bits per heavy atom. The van der Waals surface area contributed by atoms with Crippen LogP contribution in [0.1, 0.15) is 44.4 Å². The molecule has 28 heavy (non-hydrogen) atoms. The number of aromatic nitrogens is 1. The molecular weight excluding hydrogens is 372 g/mol. The van der Waals surface area contributed by atoms with Gasteiger partial charge in [-0.05, 0) is 44.2 Å². The number of carbonyl (C=O) groups is 2. The van der Waals surface area contributed by atoms with Gasteiger partial charge >= 0.3 is 0 Å². The number of hydrogen-bond acceptors (Lipinski definition) is 5. The molecule has 1 aliphatic rings. The average Bonchev–Trinajstić information content (AvgIpc) is 3.34. The second-order valence-corrected chi connectivity index (χ2v) is 7.85. The lowest BCUT2D eigenvalue weighted by Gasteiger charge is -2.24. The molecule has 3 N–H and O–H groups in total. The minimum atomic E-state index is -0.287. The molecule has 152 valence electrons. The van der Waals surface area contributed by atoms with Gasteiger partial charge in [0.1, 0.15) is 0 Å². The molecule has 2 unspecified atom stereocenters. The van der Waals surface area contributed by atoms with E-state index >= 15 is 0 Å². The Hall–Kier alpha value is -2.25. The van der Waals surface area contributed by atoms with Gasteiger partial charge in [-0.3, -0.25) is 9.59 Å². The number of nitrogens with two attached hydrogens (primary N) is 1. The van der Waals surface area contributed by atoms with Gasteiger partial charge < -0.3 is 16.0 Å². The maximum Gasteiger partial charge on any atom is 0.239 e. The lowest BCUT2D eigenvalue weighted by atomic mass is 10.1. The third kappa shape index (κ3) is 5.87. The maximum absolute atomic E-state index is 11.6. The SMILES string of the molecule is CCC(N)C(=O)N1CCCC1C.Cc1ncsc1-c1ccc(CNC=O)cc1. The van der Waals surface area contributed by atoms with Crippen LogP contribution in [0, 0.1) is 6.92 Å². The van der Waals surface area contributed by atoms with E-state index in [0.29, 0.717) is 19.0 Å². The van der Waals surface area contributed by atoms with Gasteiger partial charge in [0.25, 0.3) is 0 Å². The summed E-state index contributed by atoms with van der Waals surface area (Å²) in [6.45, 7) is 7.52. The van der Waals surface area contributed by atoms with Crippen LogP contribution in [0.2, 0.25) is 0 Å². The van der Waals surface area contributed by atoms with Crippen LogP contribution in [-0.2, 0) is 16.1 Å². The molecule has 7 heteroatoms. The summed E-state index contributed by atoms with van der Waals surface area (Å²) in [5.41, 5.74) is 10.9. The van der Waals surface area contributed by atoms with Crippen molar-refractivity contribution < 1.29 is 9.59 Å². The van der Waals surface area contributed by atoms with Crippen LogP contribution in [-0.4, -0.2) is 40.8 Å². The quantitative estimate of drug-likeness (QED) is 0.727. The molecule has 2 heterocycles. The summed E-state index contributed by atoms with van der Waals surface area (Å²) in [7, 11) is 0. The highest BCUT2D eigenvalue weighted by Crippen LogP contribution is 2.27. The highest BCUT2D eigenvalue weighted by molar-refractivity contribution is 7.13. The van der Waals surface area contributed by atoms with Crippen molar-refractivity contribution in [1.82, 2.24) is 15.2 Å². The van der Waals surface area contributed by atoms with E-state index in [1.807, 2.05) is 36.4 Å². The Morgan fingerprint density at radius 3 is 2.64 bits per heavy atom. The van der Waals surface area contributed by atoms with Crippen molar-refractivity contribution in [3.8, 4) is 10.4 Å². The first-order valence-electron chi connectivity index (χ1n) is 9.70. The van der Waals surface area contributed by atoms with Gasteiger partial charge in [0.15, 0.2) is 0 Å². The number of carbonyl (C=O) groups excluding carboxylic acids is 2. The summed E-state index contributed by atoms with van der Waals surface area (Å²) >= 11 is 1.64. The molecule has 2 aromatic rings. The summed E-state index contributed by atoms with van der Waals surface area (Å²) in [5, 5.41) is 2.64. The van der Waals surface area contributed by atoms with Gasteiger partial charge in [0, 0.05) is 19.1 Å². The highest BCUT2D eigenvalue weighted by atomic mass is 32.1. The predicted molar refractivity (Wildman–Crippen MR) is 114 cm³/mol. The maximum atomic E-state index is 11.6. The van der Waals surface area contributed by atoms with Crippen LogP contribution < -0.4 is 11.1 Å². The molecule has 0 saturated carbocycles. The van der Waals surface area contributed by atoms with Gasteiger partial charge in [-0.2, -0.15) is 0 Å². The number of amides is 2. The number of hydrogen-bond donors (Lipinski definition) is 2. The molecule has 0 bridgehead atoms. The van der Waals surface area contributed by atoms with Crippen LogP contribution in [0.5, 0.6) is 0 Å². The summed E-state index contributed by atoms with van der Waals surface area (Å²) in [4.78, 5) is 29.1. The Balaban J connectivity index is 0.000000209. The molecule has 2 amide bonds. The smallest absolute Gasteiger partial charge is 0.239 e. The fraction of sp³-hybridized carbons (Fsp3) is 0.476. The van der Waals surface area contributed by atoms with Crippen LogP contribution in [0.25, 0.3) is 10.4 Å². The second kappa shape index (κ2) is 10.9. The first-order chi connectivity index (χ1) is 13.5. The van der Waals surface area contributed by atoms with Crippen molar-refractivity contribution in [2.45, 2.75) is 58.7 Å². The number of nitrogens with one attached hydrogen (secondary N) is 1. The zero-order valence-electron chi connectivity index (χ0n) is 16.9. The molecule has 0 aliphatic carbocycles. The lowest BCUT2D eigenvalue weighted by Crippen LogP contribution is -2.44. The largest absolute Gasteiger partial charge is 0.355 e. The molecule has 6 nitrogen and oxygen atoms in total. The Kier molecular flexibility index (Phi) is 8.60. The predicted octanol–water partition coefficient (Wildman–Crippen LogP) is 3.10. The topological polar surface area (TPSA) is 88.3 Å². The fourth-order valence-corrected chi connectivity index (χ4v) is 3.97. The molecule has 0 spiro atoms. The molecule has 1 aromatic heterocycles. The molecule has 1 saturated heterocycles. The lowest BCUT2D eigenvalue weighted by molar-refractivity contribution is -0.133. The number of benzene rings is 1. The van der Waals surface area contributed by atoms with E-state index in [-0.39, 0.29) is 11.9 Å². The molecular formula is C21H30N4O2S. The van der Waals surface area contributed by atoms with Crippen molar-refractivity contribution >= 4 is 23.7 Å². The van der Waals surface area contributed by atoms with Crippen molar-refractivity contribution in [2.75, 3.05) is 6.54 Å². The Bertz CT molecular complexity index is 760. The van der Waals surface area contributed by atoms with Crippen molar-refractivity contribution in [2.24, 2.45) is 5.73 Å². The van der Waals surface area contributed by atoms with Crippen LogP contribution in [0.3, 0.4) is 0 Å². The summed E-state index contributed by atoms with van der Waals surface area (Å²) < 4.78 is 0. The van der Waals surface area contributed by atoms with Crippen LogP contribution in [0.4, 0.5) is 0 Å². The minimum absolute atomic E-state index is 0.127. The molecule has 1 aromatic carbocycles. The summed E-state index contributed by atoms with van der Waals surface area (Å²) in [6.07, 6.45) is 3.70. The molecule has 1 aliphatic heterocycles. The van der Waals surface area contributed by atoms with E-state index in [1.165, 1.54) is 10.4 Å². The summed E-state index contributed by atoms with van der Waals surface area (Å²) in [6, 6.07) is 8.27. The third-order valence-corrected chi connectivity index (χ3v) is 5.92. The van der Waals surface area contributed by atoms with Gasteiger partial charge in [0.05, 0.1) is 22.1 Å². The van der Waals surface area contributed by atoms with E-state index in [4.69, 9.17) is 5.73 Å². The third-order valence-electron chi connectivity index (χ3n) is 4.94. The van der Waals surface area contributed by atoms with E-state index < -0.39 is 0 Å². The van der Waals surface area contributed by atoms with Gasteiger partial charge in [-0.15, -0.1) is 11.3 Å². The van der Waals surface area contributed by atoms with Gasteiger partial charge in [0.2, 0.25) is 12.3 Å². The standard InChI is InChI=1S/C12H12N2OS.C9H18N2O/c1-9-12(16-8-14-9)11-4-2-10(3-5-11)6-13-7-15;1-3-8(10)9(12)11-6-4-5-7(11)2/h2-5,7-8H,6H2,1H3,(H,13,15);7-8H,3-6,10H2,1-2H3. The van der Waals surface area contributed by atoms with E-state index in [1.54, 1.807) is 11.3 Å². The van der Waals surface area contributed by atoms with E-state index in [9.17, 15) is 9.59 Å². The first-order valence-corrected chi connectivity index (χ1v) is 10.6. The van der Waals surface area contributed by atoms with E-state index in [2.05, 4.69) is 29.4 Å². The van der Waals surface area contributed by atoms with Gasteiger partial charge in [-0.25, -0.2) is 4.98 Å². The first kappa shape index (κ1) is 22.0. The normalized spacial score (nSPS) is 16.9. The number of thiazole rings is 1. The average molecular weight is 403 g/mol. The second-order valence-electron chi connectivity index (χ2n) is 7.00. The van der Waals surface area contributed by atoms with E-state index in [0.717, 1.165) is 37.1 Å². The molecule has 2 atom stereocenters. The molecule has 3 rings (SSSR count). The summed E-state index contributed by atoms with van der Waals surface area (Å²) in [5.74, 6) is 0.127. The monoisotopic (exact) mass is 402 g/mol. The fourth-order valence-electron chi connectivity index (χ4n) is 3.16. The Labute approximate surface area is 171 Å². The Morgan fingerprint density at radius 2 is 2.14 bits per heavy atom. The molecule has 0 radical (unpaired) electrons. The van der Waals surface area contributed by atoms with Crippen molar-refractivity contribution in [3.05, 3.63) is 41.0 Å². The zero-order chi connectivity index (χ0) is 20.5.